The number of likely N-dealkylation sites (tertiary alicyclic amines) is 1. The number of thiophene rings is 1. The largest absolute Gasteiger partial charge is 0.311 e. The van der Waals surface area contributed by atoms with Crippen molar-refractivity contribution in [3.05, 3.63) is 46.9 Å². The number of nitrogens with zero attached hydrogens (tertiary/aromatic N) is 3. The van der Waals surface area contributed by atoms with Crippen molar-refractivity contribution in [1.82, 2.24) is 9.88 Å². The van der Waals surface area contributed by atoms with E-state index in [9.17, 15) is 4.79 Å². The Hall–Kier alpha value is -1.72. The summed E-state index contributed by atoms with van der Waals surface area (Å²) < 4.78 is 0. The average molecular weight is 299 g/mol. The third-order valence-corrected chi connectivity index (χ3v) is 5.12. The molecule has 0 aliphatic carbocycles. The molecule has 4 rings (SSSR count). The Morgan fingerprint density at radius 1 is 1.24 bits per heavy atom. The van der Waals surface area contributed by atoms with Crippen LogP contribution in [-0.2, 0) is 11.3 Å². The van der Waals surface area contributed by atoms with Crippen LogP contribution in [0.3, 0.4) is 0 Å². The number of pyridine rings is 1. The molecule has 0 unspecified atom stereocenters. The molecule has 2 saturated heterocycles. The van der Waals surface area contributed by atoms with E-state index in [2.05, 4.69) is 15.3 Å². The molecule has 2 aliphatic heterocycles. The lowest BCUT2D eigenvalue weighted by atomic mass is 10.0. The van der Waals surface area contributed by atoms with Gasteiger partial charge in [0.05, 0.1) is 17.3 Å². The van der Waals surface area contributed by atoms with Crippen molar-refractivity contribution in [1.29, 1.82) is 0 Å². The zero-order valence-electron chi connectivity index (χ0n) is 11.7. The van der Waals surface area contributed by atoms with E-state index in [4.69, 9.17) is 0 Å². The molecule has 1 amide bonds. The maximum atomic E-state index is 12.6. The quantitative estimate of drug-likeness (QED) is 0.872. The van der Waals surface area contributed by atoms with Gasteiger partial charge in [0.25, 0.3) is 0 Å². The first-order valence-corrected chi connectivity index (χ1v) is 8.21. The van der Waals surface area contributed by atoms with E-state index in [0.29, 0.717) is 11.8 Å². The number of rotatable bonds is 3. The van der Waals surface area contributed by atoms with E-state index >= 15 is 0 Å². The fourth-order valence-corrected chi connectivity index (χ4v) is 4.09. The Balaban J connectivity index is 1.44. The monoisotopic (exact) mass is 299 g/mol. The molecule has 4 heterocycles. The minimum Gasteiger partial charge on any atom is -0.311 e. The van der Waals surface area contributed by atoms with Crippen molar-refractivity contribution in [3.63, 3.8) is 0 Å². The van der Waals surface area contributed by atoms with E-state index in [1.807, 2.05) is 40.7 Å². The van der Waals surface area contributed by atoms with Crippen LogP contribution in [0.4, 0.5) is 5.69 Å². The lowest BCUT2D eigenvalue weighted by Crippen LogP contribution is -2.32. The summed E-state index contributed by atoms with van der Waals surface area (Å²) in [6.45, 7) is 3.56. The Kier molecular flexibility index (Phi) is 3.24. The van der Waals surface area contributed by atoms with Gasteiger partial charge in [-0.1, -0.05) is 6.07 Å². The number of hydrogen-bond acceptors (Lipinski definition) is 4. The second-order valence-corrected chi connectivity index (χ2v) is 6.59. The van der Waals surface area contributed by atoms with E-state index in [1.165, 1.54) is 0 Å². The van der Waals surface area contributed by atoms with Crippen molar-refractivity contribution in [3.8, 4) is 0 Å². The first-order chi connectivity index (χ1) is 10.3. The van der Waals surface area contributed by atoms with Crippen molar-refractivity contribution in [2.45, 2.75) is 6.54 Å². The number of carbonyl (C=O) groups is 1. The minimum atomic E-state index is 0.161. The van der Waals surface area contributed by atoms with Gasteiger partial charge in [-0.2, -0.15) is 11.3 Å². The molecule has 0 aromatic carbocycles. The van der Waals surface area contributed by atoms with Gasteiger partial charge < -0.3 is 4.90 Å². The summed E-state index contributed by atoms with van der Waals surface area (Å²) in [5.41, 5.74) is 2.15. The lowest BCUT2D eigenvalue weighted by Gasteiger charge is -2.20. The standard InChI is InChI=1S/C16H17N3OS/c20-16-15-10-18(9-13-3-1-2-5-17-13)7-12(15)8-19(16)14-4-6-21-11-14/h1-6,11-12,15H,7-10H2/t12-,15-/m0/s1. The summed E-state index contributed by atoms with van der Waals surface area (Å²) in [6.07, 6.45) is 1.83. The van der Waals surface area contributed by atoms with Crippen LogP contribution in [0, 0.1) is 11.8 Å². The van der Waals surface area contributed by atoms with Crippen molar-refractivity contribution < 1.29 is 4.79 Å². The highest BCUT2D eigenvalue weighted by Gasteiger charge is 2.46. The van der Waals surface area contributed by atoms with E-state index in [1.54, 1.807) is 11.3 Å². The molecule has 108 valence electrons. The molecular formula is C16H17N3OS. The Labute approximate surface area is 128 Å². The molecule has 2 fully saturated rings. The van der Waals surface area contributed by atoms with Crippen LogP contribution in [-0.4, -0.2) is 35.4 Å². The highest BCUT2D eigenvalue weighted by Crippen LogP contribution is 2.36. The number of fused-ring (bicyclic) bond motifs is 1. The average Bonchev–Trinajstić information content (AvgIpc) is 3.19. The number of carbonyl (C=O) groups excluding carboxylic acids is 1. The molecule has 2 aromatic rings. The molecule has 0 radical (unpaired) electrons. The maximum Gasteiger partial charge on any atom is 0.231 e. The minimum absolute atomic E-state index is 0.161. The zero-order valence-corrected chi connectivity index (χ0v) is 12.5. The van der Waals surface area contributed by atoms with Crippen LogP contribution in [0.2, 0.25) is 0 Å². The van der Waals surface area contributed by atoms with E-state index in [0.717, 1.165) is 37.6 Å². The summed E-state index contributed by atoms with van der Waals surface area (Å²) in [5.74, 6) is 0.914. The molecule has 2 aliphatic rings. The fraction of sp³-hybridized carbons (Fsp3) is 0.375. The van der Waals surface area contributed by atoms with Gasteiger partial charge in [0.1, 0.15) is 0 Å². The normalized spacial score (nSPS) is 25.5. The van der Waals surface area contributed by atoms with Crippen molar-refractivity contribution in [2.24, 2.45) is 11.8 Å². The molecule has 4 nitrogen and oxygen atoms in total. The molecule has 2 atom stereocenters. The highest BCUT2D eigenvalue weighted by molar-refractivity contribution is 7.08. The third kappa shape index (κ3) is 2.36. The van der Waals surface area contributed by atoms with Crippen LogP contribution >= 0.6 is 11.3 Å². The van der Waals surface area contributed by atoms with Crippen LogP contribution < -0.4 is 4.90 Å². The first kappa shape index (κ1) is 13.0. The molecule has 0 spiro atoms. The second kappa shape index (κ2) is 5.24. The van der Waals surface area contributed by atoms with Gasteiger partial charge in [-0.25, -0.2) is 0 Å². The number of hydrogen-bond donors (Lipinski definition) is 0. The number of aromatic nitrogens is 1. The van der Waals surface area contributed by atoms with E-state index in [-0.39, 0.29) is 5.92 Å². The molecule has 5 heteroatoms. The molecule has 2 aromatic heterocycles. The smallest absolute Gasteiger partial charge is 0.231 e. The SMILES string of the molecule is O=C1[C@H]2CN(Cc3ccccn3)C[C@H]2CN1c1ccsc1. The highest BCUT2D eigenvalue weighted by atomic mass is 32.1. The summed E-state index contributed by atoms with van der Waals surface area (Å²) in [7, 11) is 0. The van der Waals surface area contributed by atoms with Crippen LogP contribution in [0.5, 0.6) is 0 Å². The predicted octanol–water partition coefficient (Wildman–Crippen LogP) is 2.24. The topological polar surface area (TPSA) is 36.4 Å². The summed E-state index contributed by atoms with van der Waals surface area (Å²) >= 11 is 1.65. The number of amides is 1. The van der Waals surface area contributed by atoms with Gasteiger partial charge in [0.2, 0.25) is 5.91 Å². The van der Waals surface area contributed by atoms with E-state index < -0.39 is 0 Å². The Morgan fingerprint density at radius 3 is 2.90 bits per heavy atom. The number of anilines is 1. The molecule has 0 saturated carbocycles. The van der Waals surface area contributed by atoms with Crippen LogP contribution in [0.15, 0.2) is 41.2 Å². The van der Waals surface area contributed by atoms with Gasteiger partial charge in [-0.3, -0.25) is 14.7 Å². The van der Waals surface area contributed by atoms with Gasteiger partial charge in [-0.15, -0.1) is 0 Å². The molecular weight excluding hydrogens is 282 g/mol. The third-order valence-electron chi connectivity index (χ3n) is 4.45. The Morgan fingerprint density at radius 2 is 2.19 bits per heavy atom. The van der Waals surface area contributed by atoms with Gasteiger partial charge in [0.15, 0.2) is 0 Å². The van der Waals surface area contributed by atoms with Crippen molar-refractivity contribution >= 4 is 22.9 Å². The lowest BCUT2D eigenvalue weighted by molar-refractivity contribution is -0.120. The zero-order chi connectivity index (χ0) is 14.2. The van der Waals surface area contributed by atoms with Gasteiger partial charge in [0, 0.05) is 43.7 Å². The van der Waals surface area contributed by atoms with Crippen molar-refractivity contribution in [2.75, 3.05) is 24.5 Å². The summed E-state index contributed by atoms with van der Waals surface area (Å²) in [5, 5.41) is 4.09. The second-order valence-electron chi connectivity index (χ2n) is 5.81. The van der Waals surface area contributed by atoms with Gasteiger partial charge in [-0.05, 0) is 23.6 Å². The van der Waals surface area contributed by atoms with Gasteiger partial charge >= 0.3 is 0 Å². The molecule has 0 bridgehead atoms. The van der Waals surface area contributed by atoms with Crippen LogP contribution in [0.1, 0.15) is 5.69 Å². The Bertz CT molecular complexity index is 628. The first-order valence-electron chi connectivity index (χ1n) is 7.27. The predicted molar refractivity (Wildman–Crippen MR) is 83.2 cm³/mol. The fourth-order valence-electron chi connectivity index (χ4n) is 3.44. The molecule has 21 heavy (non-hydrogen) atoms. The molecule has 0 N–H and O–H groups in total. The summed E-state index contributed by atoms with van der Waals surface area (Å²) in [6, 6.07) is 8.04. The maximum absolute atomic E-state index is 12.6. The summed E-state index contributed by atoms with van der Waals surface area (Å²) in [4.78, 5) is 21.3. The van der Waals surface area contributed by atoms with Crippen LogP contribution in [0.25, 0.3) is 0 Å².